The summed E-state index contributed by atoms with van der Waals surface area (Å²) >= 11 is 1.46. The smallest absolute Gasteiger partial charge is 0.236 e. The number of hydrogen-bond donors (Lipinski definition) is 0. The third-order valence-corrected chi connectivity index (χ3v) is 3.78. The lowest BCUT2D eigenvalue weighted by atomic mass is 10.2. The van der Waals surface area contributed by atoms with Gasteiger partial charge in [0.1, 0.15) is 6.10 Å². The Labute approximate surface area is 117 Å². The molecule has 1 atom stereocenters. The topological polar surface area (TPSA) is 75.2 Å². The van der Waals surface area contributed by atoms with Gasteiger partial charge in [0.2, 0.25) is 11.7 Å². The van der Waals surface area contributed by atoms with Gasteiger partial charge in [-0.3, -0.25) is 4.90 Å². The second-order valence-corrected chi connectivity index (χ2v) is 5.63. The van der Waals surface area contributed by atoms with Crippen LogP contribution in [0.1, 0.15) is 31.7 Å². The molecule has 0 N–H and O–H groups in total. The molecule has 0 amide bonds. The Morgan fingerprint density at radius 2 is 2.42 bits per heavy atom. The van der Waals surface area contributed by atoms with Crippen LogP contribution in [0.4, 0.5) is 0 Å². The SMILES string of the molecule is CC(C)N1CCOC(c2noc(CSCC#N)n2)C1. The molecule has 1 fully saturated rings. The van der Waals surface area contributed by atoms with E-state index in [-0.39, 0.29) is 6.10 Å². The van der Waals surface area contributed by atoms with Gasteiger partial charge >= 0.3 is 0 Å². The quantitative estimate of drug-likeness (QED) is 0.759. The van der Waals surface area contributed by atoms with Gasteiger partial charge in [0, 0.05) is 19.1 Å². The van der Waals surface area contributed by atoms with Gasteiger partial charge < -0.3 is 9.26 Å². The van der Waals surface area contributed by atoms with Crippen LogP contribution in [0, 0.1) is 11.3 Å². The summed E-state index contributed by atoms with van der Waals surface area (Å²) in [6, 6.07) is 2.56. The molecule has 6 nitrogen and oxygen atoms in total. The van der Waals surface area contributed by atoms with Crippen molar-refractivity contribution >= 4 is 11.8 Å². The molecule has 2 heterocycles. The molecule has 0 aromatic carbocycles. The highest BCUT2D eigenvalue weighted by molar-refractivity contribution is 7.98. The lowest BCUT2D eigenvalue weighted by Crippen LogP contribution is -2.42. The van der Waals surface area contributed by atoms with Gasteiger partial charge in [0.25, 0.3) is 0 Å². The third-order valence-electron chi connectivity index (χ3n) is 2.99. The molecular formula is C12H18N4O2S. The van der Waals surface area contributed by atoms with Gasteiger partial charge in [-0.2, -0.15) is 10.2 Å². The van der Waals surface area contributed by atoms with Crippen molar-refractivity contribution in [3.8, 4) is 6.07 Å². The molecule has 1 saturated heterocycles. The maximum absolute atomic E-state index is 8.47. The van der Waals surface area contributed by atoms with E-state index in [2.05, 4.69) is 35.0 Å². The normalized spacial score (nSPS) is 20.6. The van der Waals surface area contributed by atoms with E-state index in [0.717, 1.165) is 13.1 Å². The fraction of sp³-hybridized carbons (Fsp3) is 0.750. The monoisotopic (exact) mass is 282 g/mol. The average Bonchev–Trinajstić information content (AvgIpc) is 2.88. The van der Waals surface area contributed by atoms with Crippen LogP contribution >= 0.6 is 11.8 Å². The molecule has 7 heteroatoms. The number of hydrogen-bond acceptors (Lipinski definition) is 7. The number of ether oxygens (including phenoxy) is 1. The predicted molar refractivity (Wildman–Crippen MR) is 71.5 cm³/mol. The number of aromatic nitrogens is 2. The van der Waals surface area contributed by atoms with E-state index in [0.29, 0.717) is 35.9 Å². The summed E-state index contributed by atoms with van der Waals surface area (Å²) in [5, 5.41) is 12.4. The van der Waals surface area contributed by atoms with Crippen LogP contribution < -0.4 is 0 Å². The Morgan fingerprint density at radius 1 is 1.58 bits per heavy atom. The summed E-state index contributed by atoms with van der Waals surface area (Å²) in [4.78, 5) is 6.68. The summed E-state index contributed by atoms with van der Waals surface area (Å²) in [6.07, 6.45) is -0.116. The van der Waals surface area contributed by atoms with E-state index < -0.39 is 0 Å². The van der Waals surface area contributed by atoms with Crippen LogP contribution in [0.2, 0.25) is 0 Å². The summed E-state index contributed by atoms with van der Waals surface area (Å²) in [6.45, 7) is 6.76. The molecule has 19 heavy (non-hydrogen) atoms. The maximum Gasteiger partial charge on any atom is 0.236 e. The lowest BCUT2D eigenvalue weighted by molar-refractivity contribution is -0.0450. The van der Waals surface area contributed by atoms with Gasteiger partial charge in [0.15, 0.2) is 0 Å². The summed E-state index contributed by atoms with van der Waals surface area (Å²) < 4.78 is 10.9. The molecule has 0 aliphatic carbocycles. The Morgan fingerprint density at radius 3 is 3.16 bits per heavy atom. The molecule has 1 aliphatic rings. The van der Waals surface area contributed by atoms with E-state index >= 15 is 0 Å². The molecule has 0 radical (unpaired) electrons. The van der Waals surface area contributed by atoms with Gasteiger partial charge in [-0.15, -0.1) is 11.8 Å². The lowest BCUT2D eigenvalue weighted by Gasteiger charge is -2.34. The van der Waals surface area contributed by atoms with Crippen molar-refractivity contribution in [2.75, 3.05) is 25.4 Å². The standard InChI is InChI=1S/C12H18N4O2S/c1-9(2)16-4-5-17-10(7-16)12-14-11(18-15-12)8-19-6-3-13/h9-10H,4-8H2,1-2H3. The molecule has 1 unspecified atom stereocenters. The zero-order valence-corrected chi connectivity index (χ0v) is 12.0. The van der Waals surface area contributed by atoms with Crippen LogP contribution in [0.3, 0.4) is 0 Å². The van der Waals surface area contributed by atoms with E-state index in [4.69, 9.17) is 14.5 Å². The molecule has 1 aliphatic heterocycles. The Hall–Kier alpha value is -1.10. The zero-order valence-electron chi connectivity index (χ0n) is 11.2. The van der Waals surface area contributed by atoms with Crippen LogP contribution in [0.25, 0.3) is 0 Å². The highest BCUT2D eigenvalue weighted by Crippen LogP contribution is 2.22. The van der Waals surface area contributed by atoms with Gasteiger partial charge in [-0.05, 0) is 13.8 Å². The fourth-order valence-corrected chi connectivity index (χ4v) is 2.42. The van der Waals surface area contributed by atoms with Crippen LogP contribution in [0.5, 0.6) is 0 Å². The number of thioether (sulfide) groups is 1. The van der Waals surface area contributed by atoms with Crippen molar-refractivity contribution in [3.63, 3.8) is 0 Å². The number of nitrogens with zero attached hydrogens (tertiary/aromatic N) is 4. The number of nitriles is 1. The predicted octanol–water partition coefficient (Wildman–Crippen LogP) is 1.61. The van der Waals surface area contributed by atoms with E-state index in [1.165, 1.54) is 11.8 Å². The minimum absolute atomic E-state index is 0.116. The molecule has 1 aromatic rings. The third kappa shape index (κ3) is 3.93. The molecule has 1 aromatic heterocycles. The zero-order chi connectivity index (χ0) is 13.7. The minimum Gasteiger partial charge on any atom is -0.367 e. The van der Waals surface area contributed by atoms with Crippen LogP contribution in [-0.4, -0.2) is 46.5 Å². The second-order valence-electron chi connectivity index (χ2n) is 4.65. The first-order chi connectivity index (χ1) is 9.20. The van der Waals surface area contributed by atoms with Crippen molar-refractivity contribution in [1.29, 1.82) is 5.26 Å². The Kier molecular flexibility index (Phi) is 5.19. The van der Waals surface area contributed by atoms with Gasteiger partial charge in [-0.25, -0.2) is 0 Å². The molecule has 0 bridgehead atoms. The van der Waals surface area contributed by atoms with Crippen LogP contribution in [-0.2, 0) is 10.5 Å². The Balaban J connectivity index is 1.92. The van der Waals surface area contributed by atoms with Crippen LogP contribution in [0.15, 0.2) is 4.52 Å². The van der Waals surface area contributed by atoms with Gasteiger partial charge in [-0.1, -0.05) is 5.16 Å². The van der Waals surface area contributed by atoms with Crippen molar-refractivity contribution in [2.45, 2.75) is 31.7 Å². The highest BCUT2D eigenvalue weighted by atomic mass is 32.2. The fourth-order valence-electron chi connectivity index (χ4n) is 1.94. The maximum atomic E-state index is 8.47. The summed E-state index contributed by atoms with van der Waals surface area (Å²) in [5.41, 5.74) is 0. The first-order valence-corrected chi connectivity index (χ1v) is 7.49. The van der Waals surface area contributed by atoms with Crippen molar-refractivity contribution in [2.24, 2.45) is 0 Å². The average molecular weight is 282 g/mol. The largest absolute Gasteiger partial charge is 0.367 e. The minimum atomic E-state index is -0.116. The number of morpholine rings is 1. The molecule has 104 valence electrons. The summed E-state index contributed by atoms with van der Waals surface area (Å²) in [5.74, 6) is 2.17. The van der Waals surface area contributed by atoms with E-state index in [9.17, 15) is 0 Å². The van der Waals surface area contributed by atoms with Crippen molar-refractivity contribution in [1.82, 2.24) is 15.0 Å². The highest BCUT2D eigenvalue weighted by Gasteiger charge is 2.27. The van der Waals surface area contributed by atoms with E-state index in [1.54, 1.807) is 0 Å². The van der Waals surface area contributed by atoms with Crippen molar-refractivity contribution < 1.29 is 9.26 Å². The first kappa shape index (κ1) is 14.3. The molecule has 2 rings (SSSR count). The molecular weight excluding hydrogens is 264 g/mol. The van der Waals surface area contributed by atoms with Gasteiger partial charge in [0.05, 0.1) is 24.2 Å². The number of rotatable bonds is 5. The summed E-state index contributed by atoms with van der Waals surface area (Å²) in [7, 11) is 0. The first-order valence-electron chi connectivity index (χ1n) is 6.33. The van der Waals surface area contributed by atoms with Crippen molar-refractivity contribution in [3.05, 3.63) is 11.7 Å². The second kappa shape index (κ2) is 6.89. The molecule has 0 spiro atoms. The van der Waals surface area contributed by atoms with E-state index in [1.807, 2.05) is 0 Å². The Bertz CT molecular complexity index is 443. The molecule has 0 saturated carbocycles.